The Morgan fingerprint density at radius 3 is 2.69 bits per heavy atom. The molecule has 5 nitrogen and oxygen atoms in total. The zero-order valence-electron chi connectivity index (χ0n) is 8.82. The molecule has 0 bridgehead atoms. The van der Waals surface area contributed by atoms with Crippen molar-refractivity contribution in [2.45, 2.75) is 26.1 Å². The number of ketones is 1. The predicted octanol–water partition coefficient (Wildman–Crippen LogP) is 1.78. The van der Waals surface area contributed by atoms with E-state index in [0.29, 0.717) is 6.26 Å². The minimum absolute atomic E-state index is 0.159. The maximum atomic E-state index is 11.3. The molecule has 0 aromatic heterocycles. The van der Waals surface area contributed by atoms with Crippen molar-refractivity contribution in [3.8, 4) is 0 Å². The molecular weight excluding hydrogens is 236 g/mol. The van der Waals surface area contributed by atoms with Crippen molar-refractivity contribution in [3.05, 3.63) is 23.1 Å². The summed E-state index contributed by atoms with van der Waals surface area (Å²) in [4.78, 5) is 22.4. The molecule has 16 heavy (non-hydrogen) atoms. The first-order chi connectivity index (χ1) is 7.34. The van der Waals surface area contributed by atoms with Gasteiger partial charge in [0, 0.05) is 13.8 Å². The highest BCUT2D eigenvalue weighted by molar-refractivity contribution is 6.42. The van der Waals surface area contributed by atoms with Crippen LogP contribution < -0.4 is 0 Å². The second-order valence-electron chi connectivity index (χ2n) is 3.61. The number of cyclic esters (lactones) is 1. The normalized spacial score (nSPS) is 19.6. The van der Waals surface area contributed by atoms with Crippen LogP contribution in [0.15, 0.2) is 23.1 Å². The molecule has 0 aliphatic carbocycles. The van der Waals surface area contributed by atoms with Gasteiger partial charge < -0.3 is 14.6 Å². The van der Waals surface area contributed by atoms with E-state index in [-0.39, 0.29) is 17.2 Å². The first-order valence-corrected chi connectivity index (χ1v) is 4.87. The summed E-state index contributed by atoms with van der Waals surface area (Å²) in [6.45, 7) is 3.09. The van der Waals surface area contributed by atoms with Gasteiger partial charge in [-0.25, -0.2) is 4.79 Å². The molecule has 1 aliphatic heterocycles. The second kappa shape index (κ2) is 4.57. The first kappa shape index (κ1) is 12.6. The maximum absolute atomic E-state index is 11.3. The quantitative estimate of drug-likeness (QED) is 0.467. The van der Waals surface area contributed by atoms with Gasteiger partial charge in [0.2, 0.25) is 5.79 Å². The summed E-state index contributed by atoms with van der Waals surface area (Å²) in [5.74, 6) is -2.06. The fourth-order valence-electron chi connectivity index (χ4n) is 1.17. The Morgan fingerprint density at radius 2 is 2.19 bits per heavy atom. The van der Waals surface area contributed by atoms with Crippen molar-refractivity contribution < 1.29 is 24.2 Å². The summed E-state index contributed by atoms with van der Waals surface area (Å²) in [6, 6.07) is 0. The van der Waals surface area contributed by atoms with Gasteiger partial charge in [0.1, 0.15) is 17.1 Å². The van der Waals surface area contributed by atoms with Crippen molar-refractivity contribution in [2.24, 2.45) is 0 Å². The molecule has 1 N–H and O–H groups in total. The lowest BCUT2D eigenvalue weighted by Gasteiger charge is -2.30. The highest BCUT2D eigenvalue weighted by Gasteiger charge is 2.31. The summed E-state index contributed by atoms with van der Waals surface area (Å²) in [7, 11) is 0. The average molecular weight is 247 g/mol. The first-order valence-electron chi connectivity index (χ1n) is 4.50. The number of hydrogen-bond donors (Lipinski definition) is 1. The molecule has 1 aliphatic rings. The van der Waals surface area contributed by atoms with E-state index in [9.17, 15) is 9.59 Å². The van der Waals surface area contributed by atoms with Crippen molar-refractivity contribution in [1.29, 1.82) is 0 Å². The Balaban J connectivity index is 2.75. The Bertz CT molecular complexity index is 381. The molecule has 0 saturated carbocycles. The Kier molecular flexibility index (Phi) is 3.59. The molecule has 1 rings (SSSR count). The van der Waals surface area contributed by atoms with Gasteiger partial charge >= 0.3 is 5.97 Å². The number of carbonyl (C=O) groups is 2. The lowest BCUT2D eigenvalue weighted by atomic mass is 10.2. The lowest BCUT2D eigenvalue weighted by Crippen LogP contribution is -2.34. The van der Waals surface area contributed by atoms with Crippen LogP contribution in [0.1, 0.15) is 20.3 Å². The van der Waals surface area contributed by atoms with E-state index >= 15 is 0 Å². The van der Waals surface area contributed by atoms with Crippen LogP contribution in [0, 0.1) is 0 Å². The van der Waals surface area contributed by atoms with E-state index in [2.05, 4.69) is 0 Å². The highest BCUT2D eigenvalue weighted by atomic mass is 35.5. The van der Waals surface area contributed by atoms with Crippen LogP contribution in [0.3, 0.4) is 0 Å². The molecule has 0 amide bonds. The number of allylic oxidation sites excluding steroid dienone is 2. The van der Waals surface area contributed by atoms with Crippen LogP contribution in [-0.2, 0) is 19.1 Å². The minimum Gasteiger partial charge on any atom is -0.514 e. The number of esters is 1. The predicted molar refractivity (Wildman–Crippen MR) is 55.5 cm³/mol. The Labute approximate surface area is 97.3 Å². The molecule has 0 aromatic rings. The zero-order valence-corrected chi connectivity index (χ0v) is 9.58. The fraction of sp³-hybridized carbons (Fsp3) is 0.400. The number of Topliss-reactive ketones (excluding diaryl/α,β-unsaturated/α-hetero) is 1. The summed E-state index contributed by atoms with van der Waals surface area (Å²) < 4.78 is 10.1. The number of rotatable bonds is 3. The van der Waals surface area contributed by atoms with E-state index in [1.165, 1.54) is 0 Å². The number of aliphatic hydroxyl groups is 1. The number of aliphatic hydroxyl groups excluding tert-OH is 1. The Hall–Kier alpha value is -1.49. The van der Waals surface area contributed by atoms with E-state index in [4.69, 9.17) is 26.2 Å². The van der Waals surface area contributed by atoms with E-state index in [1.54, 1.807) is 13.8 Å². The van der Waals surface area contributed by atoms with Gasteiger partial charge in [0.15, 0.2) is 5.78 Å². The van der Waals surface area contributed by atoms with Crippen LogP contribution in [0.25, 0.3) is 0 Å². The summed E-state index contributed by atoms with van der Waals surface area (Å²) in [5.41, 5.74) is 0. The molecule has 0 radical (unpaired) electrons. The number of ether oxygens (including phenoxy) is 2. The molecule has 1 heterocycles. The van der Waals surface area contributed by atoms with E-state index < -0.39 is 17.5 Å². The van der Waals surface area contributed by atoms with Gasteiger partial charge in [0.25, 0.3) is 0 Å². The monoisotopic (exact) mass is 246 g/mol. The van der Waals surface area contributed by atoms with Crippen molar-refractivity contribution >= 4 is 23.4 Å². The molecule has 6 heteroatoms. The molecule has 0 aromatic carbocycles. The van der Waals surface area contributed by atoms with Crippen molar-refractivity contribution in [2.75, 3.05) is 0 Å². The molecular formula is C10H11ClO5. The second-order valence-corrected chi connectivity index (χ2v) is 4.02. The highest BCUT2D eigenvalue weighted by Crippen LogP contribution is 2.25. The van der Waals surface area contributed by atoms with Crippen LogP contribution in [0.4, 0.5) is 0 Å². The van der Waals surface area contributed by atoms with Gasteiger partial charge in [-0.05, 0) is 0 Å². The van der Waals surface area contributed by atoms with Gasteiger partial charge in [0.05, 0.1) is 12.5 Å². The molecule has 0 fully saturated rings. The summed E-state index contributed by atoms with van der Waals surface area (Å²) in [6.07, 6.45) is 1.37. The number of hydrogen-bond acceptors (Lipinski definition) is 5. The van der Waals surface area contributed by atoms with Gasteiger partial charge in [-0.15, -0.1) is 0 Å². The third kappa shape index (κ3) is 3.27. The van der Waals surface area contributed by atoms with Crippen LogP contribution >= 0.6 is 11.6 Å². The molecule has 0 spiro atoms. The Morgan fingerprint density at radius 1 is 1.56 bits per heavy atom. The van der Waals surface area contributed by atoms with Gasteiger partial charge in [-0.2, -0.15) is 0 Å². The van der Waals surface area contributed by atoms with Crippen molar-refractivity contribution in [3.63, 3.8) is 0 Å². The smallest absolute Gasteiger partial charge is 0.337 e. The molecule has 0 saturated heterocycles. The lowest BCUT2D eigenvalue weighted by molar-refractivity contribution is -0.205. The number of carbonyl (C=O) groups excluding carboxylic acids is 2. The third-order valence-electron chi connectivity index (χ3n) is 1.72. The summed E-state index contributed by atoms with van der Waals surface area (Å²) >= 11 is 5.41. The molecule has 0 unspecified atom stereocenters. The van der Waals surface area contributed by atoms with Crippen LogP contribution in [0.5, 0.6) is 0 Å². The van der Waals surface area contributed by atoms with E-state index in [0.717, 1.165) is 6.08 Å². The number of halogens is 1. The van der Waals surface area contributed by atoms with Gasteiger partial charge in [-0.1, -0.05) is 11.6 Å². The summed E-state index contributed by atoms with van der Waals surface area (Å²) in [5, 5.41) is 8.20. The van der Waals surface area contributed by atoms with Crippen LogP contribution in [-0.4, -0.2) is 22.6 Å². The molecule has 88 valence electrons. The van der Waals surface area contributed by atoms with Crippen molar-refractivity contribution in [1.82, 2.24) is 0 Å². The standard InChI is InChI=1S/C10H11ClO5/c1-10(2)15-6(4-9(14)16-10)3-8(13)7(11)5-12/h4-5,12H,3H2,1-2H3/b7-5+. The minimum atomic E-state index is -1.10. The third-order valence-corrected chi connectivity index (χ3v) is 2.02. The molecule has 0 atom stereocenters. The van der Waals surface area contributed by atoms with E-state index in [1.807, 2.05) is 0 Å². The van der Waals surface area contributed by atoms with Gasteiger partial charge in [-0.3, -0.25) is 4.79 Å². The van der Waals surface area contributed by atoms with Crippen LogP contribution in [0.2, 0.25) is 0 Å². The fourth-order valence-corrected chi connectivity index (χ4v) is 1.24. The largest absolute Gasteiger partial charge is 0.514 e. The maximum Gasteiger partial charge on any atom is 0.337 e. The zero-order chi connectivity index (χ0) is 12.3. The SMILES string of the molecule is CC1(C)OC(=O)C=C(CC(=O)/C(Cl)=C\O)O1. The topological polar surface area (TPSA) is 72.8 Å². The average Bonchev–Trinajstić information content (AvgIpc) is 2.12.